The third-order valence-electron chi connectivity index (χ3n) is 17.5. The Balaban J connectivity index is 0.734. The second-order valence-corrected chi connectivity index (χ2v) is 29.0. The van der Waals surface area contributed by atoms with Gasteiger partial charge in [-0.2, -0.15) is 13.2 Å². The lowest BCUT2D eigenvalue weighted by Crippen LogP contribution is -2.54. The van der Waals surface area contributed by atoms with Crippen LogP contribution in [0.2, 0.25) is 5.02 Å². The van der Waals surface area contributed by atoms with Gasteiger partial charge in [-0.15, -0.1) is 11.8 Å². The van der Waals surface area contributed by atoms with E-state index in [4.69, 9.17) is 11.6 Å². The molecule has 5 aromatic carbocycles. The summed E-state index contributed by atoms with van der Waals surface area (Å²) in [6, 6.07) is 26.6. The van der Waals surface area contributed by atoms with Crippen LogP contribution < -0.4 is 20.3 Å². The van der Waals surface area contributed by atoms with E-state index in [1.165, 1.54) is 52.7 Å². The largest absolute Gasteiger partial charge is 0.501 e. The molecule has 4 saturated heterocycles. The van der Waals surface area contributed by atoms with Gasteiger partial charge in [0.2, 0.25) is 11.8 Å². The summed E-state index contributed by atoms with van der Waals surface area (Å²) < 4.78 is 116. The average molecular weight is 1270 g/mol. The van der Waals surface area contributed by atoms with Crippen molar-refractivity contribution in [3.63, 3.8) is 0 Å². The number of likely N-dealkylation sites (tertiary alicyclic amines) is 2. The highest BCUT2D eigenvalue weighted by Gasteiger charge is 2.50. The van der Waals surface area contributed by atoms with Crippen molar-refractivity contribution in [3.8, 4) is 0 Å². The topological polar surface area (TPSA) is 206 Å². The maximum Gasteiger partial charge on any atom is 0.501 e. The highest BCUT2D eigenvalue weighted by molar-refractivity contribution is 7.99. The number of amides is 5. The molecule has 0 aromatic heterocycles. The van der Waals surface area contributed by atoms with Crippen molar-refractivity contribution >= 4 is 89.7 Å². The van der Waals surface area contributed by atoms with Crippen molar-refractivity contribution in [2.45, 2.75) is 110 Å². The van der Waals surface area contributed by atoms with Crippen LogP contribution in [0.3, 0.4) is 0 Å². The van der Waals surface area contributed by atoms with E-state index in [0.717, 1.165) is 61.6 Å². The second-order valence-electron chi connectivity index (χ2n) is 23.9. The van der Waals surface area contributed by atoms with E-state index in [1.807, 2.05) is 47.2 Å². The fraction of sp³-hybridized carbons (Fsp3) is 0.403. The van der Waals surface area contributed by atoms with Gasteiger partial charge in [-0.05, 0) is 128 Å². The van der Waals surface area contributed by atoms with Gasteiger partial charge in [0.25, 0.3) is 37.6 Å². The molecule has 5 amide bonds. The Morgan fingerprint density at radius 2 is 1.53 bits per heavy atom. The van der Waals surface area contributed by atoms with Crippen LogP contribution in [-0.4, -0.2) is 154 Å². The standard InChI is InChI=1S/C62H65ClF4N8O9S3/c1-61(2)24-22-49(38-8-13-42(63)14-9-38)41(32-61)33-71-26-28-72(29-27-71)44-15-10-39(11-16-44)57(77)70-87(83,84)48-17-19-51(53(31-48)86(81,82)62(65,66)67)68-43(37-85-47-6-4-3-5-7-47)23-25-73-35-46-30-45(73)36-74(46)34-40-12-18-50-55(56(40)64)60(80)75(59(50)79)52-20-21-54(76)69-58(52)78/h3-19,31,43,45-46,52,68H,20-30,32-37H2,1-2H3,(H,70,77)(H,69,76,78)/t43?,45-,46-,52?/m0/s1. The first-order valence-electron chi connectivity index (χ1n) is 28.8. The van der Waals surface area contributed by atoms with E-state index in [2.05, 4.69) is 56.2 Å². The van der Waals surface area contributed by atoms with Gasteiger partial charge in [-0.25, -0.2) is 25.9 Å². The summed E-state index contributed by atoms with van der Waals surface area (Å²) in [6.45, 7) is 9.94. The number of sulfone groups is 1. The summed E-state index contributed by atoms with van der Waals surface area (Å²) in [7, 11) is -11.1. The number of benzene rings is 5. The molecular formula is C62H65ClF4N8O9S3. The molecule has 17 nitrogen and oxygen atoms in total. The van der Waals surface area contributed by atoms with Crippen LogP contribution in [0.4, 0.5) is 28.9 Å². The van der Waals surface area contributed by atoms with E-state index in [0.29, 0.717) is 61.6 Å². The molecule has 5 heterocycles. The van der Waals surface area contributed by atoms with Crippen LogP contribution in [0, 0.1) is 11.2 Å². The number of anilines is 2. The molecule has 5 aliphatic heterocycles. The van der Waals surface area contributed by atoms with E-state index < -0.39 is 93.8 Å². The third kappa shape index (κ3) is 13.2. The summed E-state index contributed by atoms with van der Waals surface area (Å²) in [5.74, 6) is -4.80. The molecule has 1 aliphatic carbocycles. The van der Waals surface area contributed by atoms with E-state index in [-0.39, 0.29) is 59.3 Å². The van der Waals surface area contributed by atoms with Gasteiger partial charge >= 0.3 is 5.51 Å². The third-order valence-corrected chi connectivity index (χ3v) is 21.8. The molecule has 4 atom stereocenters. The number of allylic oxidation sites excluding steroid dienone is 1. The fourth-order valence-corrected chi connectivity index (χ4v) is 16.0. The maximum absolute atomic E-state index is 16.2. The minimum absolute atomic E-state index is 0.0276. The number of carbonyl (C=O) groups excluding carboxylic acids is 5. The minimum Gasteiger partial charge on any atom is -0.380 e. The van der Waals surface area contributed by atoms with Gasteiger partial charge in [0.05, 0.1) is 21.7 Å². The fourth-order valence-electron chi connectivity index (χ4n) is 12.9. The molecular weight excluding hydrogens is 1210 g/mol. The monoisotopic (exact) mass is 1270 g/mol. The van der Waals surface area contributed by atoms with Crippen LogP contribution in [-0.2, 0) is 36.0 Å². The SMILES string of the molecule is CC1(C)CCC(c2ccc(Cl)cc2)=C(CN2CCN(c3ccc(C(=O)NS(=O)(=O)c4ccc(NC(CCN5C[C@@H]6C[C@H]5CN6Cc5ccc6c(c5F)C(=O)N(C5CCC(=O)NC5=O)C6=O)CSc5ccccc5)c(S(=O)(=O)C(F)(F)F)c4)cc3)CC2)C1. The first-order valence-corrected chi connectivity index (χ1v) is 33.2. The van der Waals surface area contributed by atoms with E-state index >= 15 is 4.39 Å². The zero-order valence-corrected chi connectivity index (χ0v) is 51.0. The first-order chi connectivity index (χ1) is 41.3. The molecule has 0 saturated carbocycles. The highest BCUT2D eigenvalue weighted by Crippen LogP contribution is 2.44. The molecule has 2 unspecified atom stereocenters. The molecule has 87 heavy (non-hydrogen) atoms. The first kappa shape index (κ1) is 62.0. The predicted octanol–water partition coefficient (Wildman–Crippen LogP) is 9.00. The number of imide groups is 2. The van der Waals surface area contributed by atoms with E-state index in [9.17, 15) is 54.0 Å². The minimum atomic E-state index is -6.19. The molecule has 25 heteroatoms. The number of carbonyl (C=O) groups is 5. The normalized spacial score (nSPS) is 21.6. The van der Waals surface area contributed by atoms with Crippen molar-refractivity contribution in [2.24, 2.45) is 5.41 Å². The van der Waals surface area contributed by atoms with Crippen LogP contribution in [0.1, 0.15) is 101 Å². The molecule has 3 N–H and O–H groups in total. The number of piperazine rings is 2. The molecule has 2 bridgehead atoms. The van der Waals surface area contributed by atoms with Crippen LogP contribution >= 0.6 is 23.4 Å². The number of piperidine rings is 1. The number of fused-ring (bicyclic) bond motifs is 3. The second kappa shape index (κ2) is 24.7. The Labute approximate surface area is 511 Å². The number of nitrogens with one attached hydrogen (secondary N) is 3. The predicted molar refractivity (Wildman–Crippen MR) is 322 cm³/mol. The Hall–Kier alpha value is -6.67. The van der Waals surface area contributed by atoms with Gasteiger partial charge in [-0.3, -0.25) is 48.9 Å². The van der Waals surface area contributed by atoms with Crippen molar-refractivity contribution in [1.82, 2.24) is 29.6 Å². The van der Waals surface area contributed by atoms with Gasteiger partial charge in [0, 0.05) is 116 Å². The molecule has 460 valence electrons. The molecule has 11 rings (SSSR count). The average Bonchev–Trinajstić information content (AvgIpc) is 2.25. The number of hydrogen-bond acceptors (Lipinski definition) is 15. The van der Waals surface area contributed by atoms with Crippen molar-refractivity contribution in [2.75, 3.05) is 68.3 Å². The quantitative estimate of drug-likeness (QED) is 0.0401. The lowest BCUT2D eigenvalue weighted by atomic mass is 9.73. The number of hydrogen-bond donors (Lipinski definition) is 3. The zero-order chi connectivity index (χ0) is 61.7. The zero-order valence-electron chi connectivity index (χ0n) is 47.7. The van der Waals surface area contributed by atoms with Crippen molar-refractivity contribution in [1.29, 1.82) is 0 Å². The summed E-state index contributed by atoms with van der Waals surface area (Å²) in [5.41, 5.74) is -1.80. The molecule has 4 fully saturated rings. The molecule has 0 spiro atoms. The summed E-state index contributed by atoms with van der Waals surface area (Å²) in [4.78, 5) is 72.9. The Kier molecular flexibility index (Phi) is 17.6. The molecule has 5 aromatic rings. The van der Waals surface area contributed by atoms with Crippen LogP contribution in [0.15, 0.2) is 129 Å². The van der Waals surface area contributed by atoms with Gasteiger partial charge in [-0.1, -0.05) is 67.4 Å². The van der Waals surface area contributed by atoms with Gasteiger partial charge in [0.15, 0.2) is 0 Å². The number of sulfonamides is 1. The smallest absolute Gasteiger partial charge is 0.380 e. The lowest BCUT2D eigenvalue weighted by molar-refractivity contribution is -0.136. The Morgan fingerprint density at radius 3 is 2.21 bits per heavy atom. The number of thioether (sulfide) groups is 1. The summed E-state index contributed by atoms with van der Waals surface area (Å²) in [6.07, 6.45) is 3.91. The maximum atomic E-state index is 16.2. The lowest BCUT2D eigenvalue weighted by Gasteiger charge is -2.39. The molecule has 0 radical (unpaired) electrons. The number of nitrogens with zero attached hydrogens (tertiary/aromatic N) is 5. The highest BCUT2D eigenvalue weighted by atomic mass is 35.5. The van der Waals surface area contributed by atoms with E-state index in [1.54, 1.807) is 12.1 Å². The number of rotatable bonds is 19. The van der Waals surface area contributed by atoms with Crippen LogP contribution in [0.25, 0.3) is 5.57 Å². The van der Waals surface area contributed by atoms with Gasteiger partial charge < -0.3 is 10.2 Å². The van der Waals surface area contributed by atoms with Crippen molar-refractivity contribution < 1.29 is 58.4 Å². The van der Waals surface area contributed by atoms with Crippen molar-refractivity contribution in [3.05, 3.63) is 153 Å². The number of halogens is 5. The summed E-state index contributed by atoms with van der Waals surface area (Å²) >= 11 is 7.59. The Bertz CT molecular complexity index is 3790. The van der Waals surface area contributed by atoms with Crippen LogP contribution in [0.5, 0.6) is 0 Å². The number of alkyl halides is 3. The molecule has 6 aliphatic rings. The Morgan fingerprint density at radius 1 is 0.828 bits per heavy atom. The summed E-state index contributed by atoms with van der Waals surface area (Å²) in [5, 5.41) is 5.83. The van der Waals surface area contributed by atoms with Gasteiger partial charge in [0.1, 0.15) is 16.8 Å².